The van der Waals surface area contributed by atoms with Gasteiger partial charge in [0, 0.05) is 25.6 Å². The zero-order chi connectivity index (χ0) is 21.2. The summed E-state index contributed by atoms with van der Waals surface area (Å²) in [6.45, 7) is 1.24. The van der Waals surface area contributed by atoms with Crippen molar-refractivity contribution in [3.63, 3.8) is 0 Å². The molecule has 1 aromatic heterocycles. The van der Waals surface area contributed by atoms with Crippen LogP contribution in [0.25, 0.3) is 10.9 Å². The Morgan fingerprint density at radius 1 is 1.30 bits per heavy atom. The van der Waals surface area contributed by atoms with Crippen molar-refractivity contribution in [3.05, 3.63) is 46.5 Å². The summed E-state index contributed by atoms with van der Waals surface area (Å²) >= 11 is 0. The number of anilines is 1. The fourth-order valence-electron chi connectivity index (χ4n) is 4.82. The molecular weight excluding hydrogens is 396 g/mol. The number of ether oxygens (including phenoxy) is 1. The van der Waals surface area contributed by atoms with Crippen LogP contribution in [0.15, 0.2) is 35.3 Å². The summed E-state index contributed by atoms with van der Waals surface area (Å²) in [5.74, 6) is -0.541. The van der Waals surface area contributed by atoms with E-state index in [1.54, 1.807) is 0 Å². The van der Waals surface area contributed by atoms with E-state index in [1.165, 1.54) is 16.7 Å². The lowest BCUT2D eigenvalue weighted by molar-refractivity contribution is 0.143. The number of nitrogens with two attached hydrogens (primary N) is 1. The zero-order valence-corrected chi connectivity index (χ0v) is 16.0. The van der Waals surface area contributed by atoms with Crippen LogP contribution < -0.4 is 20.8 Å². The molecule has 1 saturated carbocycles. The molecule has 1 aliphatic heterocycles. The molecular formula is C21H21F2N3O4. The lowest BCUT2D eigenvalue weighted by Crippen LogP contribution is -2.35. The second kappa shape index (κ2) is 6.80. The second-order valence-corrected chi connectivity index (χ2v) is 8.28. The van der Waals surface area contributed by atoms with Crippen molar-refractivity contribution in [2.75, 3.05) is 18.0 Å². The van der Waals surface area contributed by atoms with Gasteiger partial charge in [-0.1, -0.05) is 12.2 Å². The van der Waals surface area contributed by atoms with Gasteiger partial charge < -0.3 is 25.0 Å². The average Bonchev–Trinajstić information content (AvgIpc) is 3.25. The first-order chi connectivity index (χ1) is 14.3. The number of carboxylic acid groups (broad SMARTS) is 1. The molecule has 3 N–H and O–H groups in total. The molecule has 7 nitrogen and oxygen atoms in total. The Morgan fingerprint density at radius 2 is 2.07 bits per heavy atom. The number of rotatable bonds is 3. The number of hydrogen-bond acceptors (Lipinski definition) is 5. The van der Waals surface area contributed by atoms with E-state index in [1.807, 2.05) is 11.0 Å². The molecule has 158 valence electrons. The van der Waals surface area contributed by atoms with E-state index in [0.29, 0.717) is 24.7 Å². The van der Waals surface area contributed by atoms with Gasteiger partial charge in [-0.3, -0.25) is 4.79 Å². The number of benzene rings is 1. The van der Waals surface area contributed by atoms with Crippen LogP contribution in [-0.4, -0.2) is 41.1 Å². The maximum atomic E-state index is 15.7. The van der Waals surface area contributed by atoms with Crippen LogP contribution in [0.5, 0.6) is 5.75 Å². The first-order valence-electron chi connectivity index (χ1n) is 9.94. The zero-order valence-electron chi connectivity index (χ0n) is 16.0. The minimum atomic E-state index is -1.66. The van der Waals surface area contributed by atoms with Crippen molar-refractivity contribution >= 4 is 22.7 Å². The predicted octanol–water partition coefficient (Wildman–Crippen LogP) is 2.82. The van der Waals surface area contributed by atoms with Crippen molar-refractivity contribution < 1.29 is 23.4 Å². The number of nitrogens with zero attached hydrogens (tertiary/aromatic N) is 2. The molecule has 0 spiro atoms. The number of aromatic nitrogens is 1. The molecule has 1 saturated heterocycles. The first-order valence-corrected chi connectivity index (χ1v) is 9.94. The molecule has 5 rings (SSSR count). The minimum Gasteiger partial charge on any atom is -0.449 e. The fraction of sp³-hybridized carbons (Fsp3) is 0.429. The third-order valence-corrected chi connectivity index (χ3v) is 6.44. The van der Waals surface area contributed by atoms with Crippen LogP contribution in [0, 0.1) is 17.7 Å². The minimum absolute atomic E-state index is 0.0299. The highest BCUT2D eigenvalue weighted by molar-refractivity contribution is 5.85. The van der Waals surface area contributed by atoms with E-state index in [0.717, 1.165) is 12.6 Å². The fourth-order valence-corrected chi connectivity index (χ4v) is 4.82. The summed E-state index contributed by atoms with van der Waals surface area (Å²) in [5, 5.41) is 8.85. The first kappa shape index (κ1) is 19.0. The van der Waals surface area contributed by atoms with Crippen molar-refractivity contribution in [2.24, 2.45) is 17.6 Å². The van der Waals surface area contributed by atoms with Gasteiger partial charge in [-0.05, 0) is 30.4 Å². The lowest BCUT2D eigenvalue weighted by atomic mass is 9.83. The molecule has 0 radical (unpaired) electrons. The van der Waals surface area contributed by atoms with E-state index in [4.69, 9.17) is 10.8 Å². The number of halogens is 2. The van der Waals surface area contributed by atoms with Crippen LogP contribution >= 0.6 is 0 Å². The summed E-state index contributed by atoms with van der Waals surface area (Å²) in [5.41, 5.74) is 5.76. The van der Waals surface area contributed by atoms with Crippen LogP contribution in [0.2, 0.25) is 0 Å². The molecule has 5 atom stereocenters. The van der Waals surface area contributed by atoms with Gasteiger partial charge in [0.15, 0.2) is 11.6 Å². The summed E-state index contributed by atoms with van der Waals surface area (Å²) < 4.78 is 35.4. The number of allylic oxidation sites excluding steroid dienone is 1. The van der Waals surface area contributed by atoms with Crippen LogP contribution in [-0.2, 0) is 0 Å². The van der Waals surface area contributed by atoms with Gasteiger partial charge in [-0.25, -0.2) is 13.6 Å². The second-order valence-electron chi connectivity index (χ2n) is 8.28. The molecule has 9 heteroatoms. The molecule has 2 aromatic rings. The van der Waals surface area contributed by atoms with Gasteiger partial charge in [0.05, 0.1) is 28.8 Å². The van der Waals surface area contributed by atoms with E-state index in [-0.39, 0.29) is 29.3 Å². The van der Waals surface area contributed by atoms with Gasteiger partial charge in [-0.15, -0.1) is 0 Å². The van der Waals surface area contributed by atoms with E-state index >= 15 is 4.39 Å². The number of fused-ring (bicyclic) bond motifs is 2. The summed E-state index contributed by atoms with van der Waals surface area (Å²) in [7, 11) is 0. The van der Waals surface area contributed by atoms with Crippen LogP contribution in [0.3, 0.4) is 0 Å². The molecule has 3 aliphatic rings. The van der Waals surface area contributed by atoms with Crippen molar-refractivity contribution in [2.45, 2.75) is 31.1 Å². The average molecular weight is 417 g/mol. The Hall–Kier alpha value is -2.94. The lowest BCUT2D eigenvalue weighted by Gasteiger charge is -2.25. The molecule has 3 unspecified atom stereocenters. The van der Waals surface area contributed by atoms with E-state index < -0.39 is 35.4 Å². The molecule has 30 heavy (non-hydrogen) atoms. The third-order valence-electron chi connectivity index (χ3n) is 6.44. The molecule has 2 heterocycles. The highest BCUT2D eigenvalue weighted by Crippen LogP contribution is 2.43. The monoisotopic (exact) mass is 417 g/mol. The smallest absolute Gasteiger partial charge is 0.449 e. The Balaban J connectivity index is 1.62. The highest BCUT2D eigenvalue weighted by atomic mass is 19.1. The Bertz CT molecular complexity index is 1130. The van der Waals surface area contributed by atoms with Crippen LogP contribution in [0.1, 0.15) is 18.9 Å². The normalized spacial score (nSPS) is 29.8. The van der Waals surface area contributed by atoms with Crippen molar-refractivity contribution in [1.29, 1.82) is 0 Å². The van der Waals surface area contributed by atoms with Crippen LogP contribution in [0.4, 0.5) is 19.3 Å². The molecule has 0 bridgehead atoms. The summed E-state index contributed by atoms with van der Waals surface area (Å²) in [6, 6.07) is 2.24. The van der Waals surface area contributed by atoms with Gasteiger partial charge in [0.2, 0.25) is 5.43 Å². The number of alkyl halides is 1. The summed E-state index contributed by atoms with van der Waals surface area (Å²) in [6.07, 6.45) is 3.35. The number of carbonyl (C=O) groups is 1. The SMILES string of the molecule is NC1C=CCC2CN(c3ccc4c(=O)c(OC(=O)O)cn([C@@H]5C[C@@H]5F)c4c3F)CC12. The largest absolute Gasteiger partial charge is 0.511 e. The summed E-state index contributed by atoms with van der Waals surface area (Å²) in [4.78, 5) is 25.5. The van der Waals surface area contributed by atoms with Crippen molar-refractivity contribution in [3.8, 4) is 5.75 Å². The van der Waals surface area contributed by atoms with Gasteiger partial charge in [0.25, 0.3) is 0 Å². The van der Waals surface area contributed by atoms with Gasteiger partial charge in [0.1, 0.15) is 6.17 Å². The number of pyridine rings is 1. The number of hydrogen-bond donors (Lipinski definition) is 2. The third kappa shape index (κ3) is 2.96. The Kier molecular flexibility index (Phi) is 4.32. The van der Waals surface area contributed by atoms with Gasteiger partial charge in [-0.2, -0.15) is 0 Å². The maximum absolute atomic E-state index is 15.7. The molecule has 1 aromatic carbocycles. The molecule has 2 fully saturated rings. The predicted molar refractivity (Wildman–Crippen MR) is 106 cm³/mol. The Labute approximate surface area is 170 Å². The van der Waals surface area contributed by atoms with Gasteiger partial charge >= 0.3 is 6.16 Å². The topological polar surface area (TPSA) is 97.8 Å². The Morgan fingerprint density at radius 3 is 2.73 bits per heavy atom. The van der Waals surface area contributed by atoms with E-state index in [2.05, 4.69) is 10.8 Å². The molecule has 0 amide bonds. The quantitative estimate of drug-likeness (QED) is 0.589. The maximum Gasteiger partial charge on any atom is 0.511 e. The van der Waals surface area contributed by atoms with Crippen molar-refractivity contribution in [1.82, 2.24) is 4.57 Å². The highest BCUT2D eigenvalue weighted by Gasteiger charge is 2.42. The van der Waals surface area contributed by atoms with E-state index in [9.17, 15) is 14.0 Å². The standard InChI is InChI=1S/C21H21F2N3O4/c22-13-6-16(13)26-9-17(30-21(28)29)20(27)11-4-5-15(18(23)19(11)26)25-7-10-2-1-3-14(24)12(10)8-25/h1,3-5,9-10,12-14,16H,2,6-8,24H2,(H,28,29)/t10?,12?,13-,14?,16+/m0/s1. The molecule has 2 aliphatic carbocycles.